The Kier molecular flexibility index (Phi) is 5.70. The van der Waals surface area contributed by atoms with E-state index in [-0.39, 0.29) is 11.2 Å². The summed E-state index contributed by atoms with van der Waals surface area (Å²) in [7, 11) is 3.18. The lowest BCUT2D eigenvalue weighted by atomic mass is 10.2. The molecule has 0 spiro atoms. The number of imidazole rings is 1. The fourth-order valence-corrected chi connectivity index (χ4v) is 4.03. The van der Waals surface area contributed by atoms with Crippen LogP contribution in [-0.2, 0) is 25.4 Å². The maximum atomic E-state index is 12.9. The summed E-state index contributed by atoms with van der Waals surface area (Å²) in [6.45, 7) is 5.19. The lowest BCUT2D eigenvalue weighted by molar-refractivity contribution is -0.466. The number of nitrogens with zero attached hydrogens (tertiary/aromatic N) is 5. The van der Waals surface area contributed by atoms with Crippen molar-refractivity contribution in [1.82, 2.24) is 24.0 Å². The molecule has 2 aromatic heterocycles. The van der Waals surface area contributed by atoms with Crippen LogP contribution in [0.5, 0.6) is 0 Å². The third-order valence-electron chi connectivity index (χ3n) is 5.71. The van der Waals surface area contributed by atoms with Gasteiger partial charge in [0.15, 0.2) is 11.2 Å². The summed E-state index contributed by atoms with van der Waals surface area (Å²) in [6, 6.07) is 0. The second-order valence-corrected chi connectivity index (χ2v) is 7.68. The molecule has 0 aromatic carbocycles. The van der Waals surface area contributed by atoms with Crippen LogP contribution in [0.1, 0.15) is 25.7 Å². The van der Waals surface area contributed by atoms with Gasteiger partial charge in [0.2, 0.25) is 11.8 Å². The molecule has 2 aromatic rings. The molecule has 4 heterocycles. The molecule has 4 rings (SSSR count). The maximum absolute atomic E-state index is 12.9. The predicted octanol–water partition coefficient (Wildman–Crippen LogP) is -2.09. The highest BCUT2D eigenvalue weighted by molar-refractivity contribution is 5.76. The number of aryl methyl sites for hydroxylation is 2. The average molecular weight is 404 g/mol. The molecule has 0 bridgehead atoms. The Hall–Kier alpha value is -2.62. The standard InChI is InChI=1S/C19H29N7O3/c1-23-16-15(17(27)24(2)19(23)28)26(18(22-16)25-10-12-29-13-11-25)9-5-8-21-14-6-3-4-7-20-14/h3-13H2,1-2H3,(H,20,21)/p+1. The number of anilines is 1. The molecule has 1 fully saturated rings. The highest BCUT2D eigenvalue weighted by Crippen LogP contribution is 2.21. The van der Waals surface area contributed by atoms with Gasteiger partial charge in [0.25, 0.3) is 5.56 Å². The van der Waals surface area contributed by atoms with Gasteiger partial charge in [-0.1, -0.05) is 0 Å². The number of hydrogen-bond donors (Lipinski definition) is 2. The van der Waals surface area contributed by atoms with Gasteiger partial charge in [-0.05, 0) is 12.8 Å². The Labute approximate surface area is 168 Å². The van der Waals surface area contributed by atoms with E-state index in [0.29, 0.717) is 30.9 Å². The van der Waals surface area contributed by atoms with E-state index in [1.807, 2.05) is 4.57 Å². The summed E-state index contributed by atoms with van der Waals surface area (Å²) in [5.41, 5.74) is 0.268. The summed E-state index contributed by atoms with van der Waals surface area (Å²) in [5, 5.41) is 3.48. The summed E-state index contributed by atoms with van der Waals surface area (Å²) in [6.07, 6.45) is 4.35. The normalized spacial score (nSPS) is 17.6. The maximum Gasteiger partial charge on any atom is 0.332 e. The average Bonchev–Trinajstić information content (AvgIpc) is 3.15. The van der Waals surface area contributed by atoms with E-state index in [1.165, 1.54) is 30.3 Å². The van der Waals surface area contributed by atoms with Crippen LogP contribution >= 0.6 is 0 Å². The number of rotatable bonds is 5. The third kappa shape index (κ3) is 3.81. The highest BCUT2D eigenvalue weighted by atomic mass is 16.5. The zero-order valence-corrected chi connectivity index (χ0v) is 17.2. The molecule has 0 radical (unpaired) electrons. The fraction of sp³-hybridized carbons (Fsp3) is 0.684. The molecule has 29 heavy (non-hydrogen) atoms. The fourth-order valence-electron chi connectivity index (χ4n) is 4.03. The van der Waals surface area contributed by atoms with Gasteiger partial charge in [0.05, 0.1) is 26.3 Å². The van der Waals surface area contributed by atoms with E-state index < -0.39 is 0 Å². The van der Waals surface area contributed by atoms with Crippen LogP contribution in [0, 0.1) is 0 Å². The SMILES string of the molecule is Cn1c(=O)c2c(nc(N3CCOCC3)n2CCCNC2=[NH+]CCCC2)n(C)c1=O. The third-order valence-corrected chi connectivity index (χ3v) is 5.71. The quantitative estimate of drug-likeness (QED) is 0.555. The predicted molar refractivity (Wildman–Crippen MR) is 111 cm³/mol. The lowest BCUT2D eigenvalue weighted by Gasteiger charge is -2.28. The molecule has 10 nitrogen and oxygen atoms in total. The van der Waals surface area contributed by atoms with Crippen LogP contribution in [0.25, 0.3) is 11.2 Å². The molecule has 0 saturated carbocycles. The van der Waals surface area contributed by atoms with Gasteiger partial charge in [-0.2, -0.15) is 4.98 Å². The summed E-state index contributed by atoms with van der Waals surface area (Å²) in [5.74, 6) is 1.95. The van der Waals surface area contributed by atoms with Crippen LogP contribution in [-0.4, -0.2) is 63.9 Å². The van der Waals surface area contributed by atoms with Gasteiger partial charge in [-0.3, -0.25) is 24.2 Å². The molecule has 0 aliphatic carbocycles. The van der Waals surface area contributed by atoms with Crippen LogP contribution in [0.2, 0.25) is 0 Å². The lowest BCUT2D eigenvalue weighted by Crippen LogP contribution is -2.77. The smallest absolute Gasteiger partial charge is 0.332 e. The minimum atomic E-state index is -0.359. The first-order valence-electron chi connectivity index (χ1n) is 10.4. The first-order chi connectivity index (χ1) is 14.1. The Morgan fingerprint density at radius 3 is 2.66 bits per heavy atom. The Morgan fingerprint density at radius 2 is 1.93 bits per heavy atom. The number of hydrogen-bond acceptors (Lipinski definition) is 6. The monoisotopic (exact) mass is 404 g/mol. The number of amidine groups is 1. The molecule has 158 valence electrons. The van der Waals surface area contributed by atoms with Crippen molar-refractivity contribution in [2.45, 2.75) is 32.2 Å². The first-order valence-corrected chi connectivity index (χ1v) is 10.4. The number of fused-ring (bicyclic) bond motifs is 1. The Bertz CT molecular complexity index is 1030. The molecule has 1 saturated heterocycles. The molecule has 0 unspecified atom stereocenters. The molecule has 2 aliphatic heterocycles. The second kappa shape index (κ2) is 8.40. The molecule has 2 N–H and O–H groups in total. The van der Waals surface area contributed by atoms with Crippen molar-refractivity contribution in [1.29, 1.82) is 0 Å². The summed E-state index contributed by atoms with van der Waals surface area (Å²) < 4.78 is 10.1. The topological polar surface area (TPSA) is 100 Å². The Morgan fingerprint density at radius 1 is 1.14 bits per heavy atom. The van der Waals surface area contributed by atoms with Gasteiger partial charge >= 0.3 is 5.69 Å². The number of ether oxygens (including phenoxy) is 1. The molecule has 0 amide bonds. The highest BCUT2D eigenvalue weighted by Gasteiger charge is 2.24. The molecule has 0 atom stereocenters. The van der Waals surface area contributed by atoms with Gasteiger partial charge in [-0.25, -0.2) is 4.79 Å². The number of aromatic nitrogens is 4. The zero-order chi connectivity index (χ0) is 20.4. The van der Waals surface area contributed by atoms with Crippen molar-refractivity contribution in [3.63, 3.8) is 0 Å². The van der Waals surface area contributed by atoms with E-state index in [2.05, 4.69) is 15.2 Å². The van der Waals surface area contributed by atoms with Crippen LogP contribution in [0.15, 0.2) is 9.59 Å². The molecular weight excluding hydrogens is 374 g/mol. The van der Waals surface area contributed by atoms with Crippen molar-refractivity contribution in [3.8, 4) is 0 Å². The van der Waals surface area contributed by atoms with Gasteiger partial charge in [0, 0.05) is 46.6 Å². The van der Waals surface area contributed by atoms with Crippen molar-refractivity contribution in [3.05, 3.63) is 20.8 Å². The van der Waals surface area contributed by atoms with Gasteiger partial charge in [0.1, 0.15) is 0 Å². The number of nitrogens with one attached hydrogen (secondary N) is 2. The summed E-state index contributed by atoms with van der Waals surface area (Å²) in [4.78, 5) is 35.5. The molecular formula is C19H30N7O3+. The second-order valence-electron chi connectivity index (χ2n) is 7.68. The van der Waals surface area contributed by atoms with E-state index >= 15 is 0 Å². The van der Waals surface area contributed by atoms with Crippen LogP contribution in [0.4, 0.5) is 5.95 Å². The first kappa shape index (κ1) is 19.7. The van der Waals surface area contributed by atoms with E-state index in [9.17, 15) is 9.59 Å². The largest absolute Gasteiger partial charge is 0.378 e. The van der Waals surface area contributed by atoms with Crippen LogP contribution < -0.4 is 26.5 Å². The van der Waals surface area contributed by atoms with Gasteiger partial charge < -0.3 is 14.2 Å². The van der Waals surface area contributed by atoms with Gasteiger partial charge in [-0.15, -0.1) is 0 Å². The van der Waals surface area contributed by atoms with E-state index in [0.717, 1.165) is 49.5 Å². The van der Waals surface area contributed by atoms with Crippen molar-refractivity contribution >= 4 is 22.9 Å². The Balaban J connectivity index is 1.64. The summed E-state index contributed by atoms with van der Waals surface area (Å²) >= 11 is 0. The van der Waals surface area contributed by atoms with Crippen LogP contribution in [0.3, 0.4) is 0 Å². The number of morpholine rings is 1. The van der Waals surface area contributed by atoms with Crippen molar-refractivity contribution < 1.29 is 9.73 Å². The minimum absolute atomic E-state index is 0.300. The zero-order valence-electron chi connectivity index (χ0n) is 17.2. The molecule has 2 aliphatic rings. The minimum Gasteiger partial charge on any atom is -0.378 e. The van der Waals surface area contributed by atoms with E-state index in [1.54, 1.807) is 7.05 Å². The van der Waals surface area contributed by atoms with Crippen molar-refractivity contribution in [2.24, 2.45) is 14.1 Å². The molecule has 10 heteroatoms. The van der Waals surface area contributed by atoms with Crippen molar-refractivity contribution in [2.75, 3.05) is 44.3 Å². The van der Waals surface area contributed by atoms with E-state index in [4.69, 9.17) is 9.72 Å².